The van der Waals surface area contributed by atoms with Crippen molar-refractivity contribution in [3.63, 3.8) is 0 Å². The first-order valence-corrected chi connectivity index (χ1v) is 7.43. The average Bonchev–Trinajstić information content (AvgIpc) is 3.13. The van der Waals surface area contributed by atoms with Gasteiger partial charge in [0.05, 0.1) is 23.5 Å². The molecule has 3 aromatic rings. The molecule has 2 heterocycles. The Hall–Kier alpha value is -1.91. The number of thiazole rings is 1. The second-order valence-electron chi connectivity index (χ2n) is 4.60. The maximum absolute atomic E-state index is 5.58. The highest BCUT2D eigenvalue weighted by atomic mass is 32.1. The molecule has 0 aliphatic rings. The summed E-state index contributed by atoms with van der Waals surface area (Å²) in [7, 11) is 0. The number of hydrogen-bond acceptors (Lipinski definition) is 4. The van der Waals surface area contributed by atoms with Gasteiger partial charge in [-0.15, -0.1) is 11.3 Å². The predicted molar refractivity (Wildman–Crippen MR) is 80.7 cm³/mol. The predicted octanol–water partition coefficient (Wildman–Crippen LogP) is 3.92. The lowest BCUT2D eigenvalue weighted by Crippen LogP contribution is -2.21. The van der Waals surface area contributed by atoms with Crippen LogP contribution in [0.4, 0.5) is 0 Å². The first-order chi connectivity index (χ1) is 9.84. The fourth-order valence-electron chi connectivity index (χ4n) is 2.17. The molecule has 0 amide bonds. The van der Waals surface area contributed by atoms with Crippen molar-refractivity contribution in [2.24, 2.45) is 0 Å². The summed E-state index contributed by atoms with van der Waals surface area (Å²) in [6.45, 7) is 2.83. The van der Waals surface area contributed by atoms with Gasteiger partial charge in [-0.25, -0.2) is 4.98 Å². The number of furan rings is 1. The van der Waals surface area contributed by atoms with Crippen molar-refractivity contribution in [1.82, 2.24) is 10.3 Å². The zero-order chi connectivity index (χ0) is 13.8. The van der Waals surface area contributed by atoms with Crippen molar-refractivity contribution in [3.05, 3.63) is 76.1 Å². The maximum atomic E-state index is 5.58. The van der Waals surface area contributed by atoms with Gasteiger partial charge in [-0.2, -0.15) is 0 Å². The van der Waals surface area contributed by atoms with Crippen LogP contribution in [0.5, 0.6) is 0 Å². The summed E-state index contributed by atoms with van der Waals surface area (Å²) < 4.78 is 5.58. The molecule has 1 atom stereocenters. The number of hydrogen-bond donors (Lipinski definition) is 1. The van der Waals surface area contributed by atoms with Crippen molar-refractivity contribution < 1.29 is 4.42 Å². The first kappa shape index (κ1) is 13.1. The summed E-state index contributed by atoms with van der Waals surface area (Å²) in [4.78, 5) is 5.55. The molecule has 0 radical (unpaired) electrons. The highest BCUT2D eigenvalue weighted by Gasteiger charge is 2.16. The molecule has 4 heteroatoms. The fourth-order valence-corrected chi connectivity index (χ4v) is 2.90. The molecule has 0 saturated heterocycles. The third-order valence-corrected chi connectivity index (χ3v) is 4.21. The molecule has 0 aliphatic heterocycles. The van der Waals surface area contributed by atoms with Gasteiger partial charge in [0.15, 0.2) is 0 Å². The van der Waals surface area contributed by atoms with Crippen LogP contribution in [0.3, 0.4) is 0 Å². The number of nitrogens with one attached hydrogen (secondary N) is 1. The Morgan fingerprint density at radius 3 is 2.70 bits per heavy atom. The van der Waals surface area contributed by atoms with Gasteiger partial charge in [-0.1, -0.05) is 30.3 Å². The van der Waals surface area contributed by atoms with Gasteiger partial charge in [0.1, 0.15) is 5.76 Å². The summed E-state index contributed by atoms with van der Waals surface area (Å²) in [5.74, 6) is 0.929. The monoisotopic (exact) mass is 284 g/mol. The summed E-state index contributed by atoms with van der Waals surface area (Å²) in [5, 5.41) is 3.56. The van der Waals surface area contributed by atoms with Crippen molar-refractivity contribution in [1.29, 1.82) is 0 Å². The topological polar surface area (TPSA) is 38.1 Å². The average molecular weight is 284 g/mol. The van der Waals surface area contributed by atoms with E-state index in [9.17, 15) is 0 Å². The van der Waals surface area contributed by atoms with Gasteiger partial charge in [0, 0.05) is 11.4 Å². The molecule has 3 nitrogen and oxygen atoms in total. The second kappa shape index (κ2) is 6.03. The lowest BCUT2D eigenvalue weighted by atomic mass is 10.0. The number of benzene rings is 1. The zero-order valence-corrected chi connectivity index (χ0v) is 12.1. The van der Waals surface area contributed by atoms with Crippen LogP contribution in [0.15, 0.2) is 58.7 Å². The van der Waals surface area contributed by atoms with Gasteiger partial charge >= 0.3 is 0 Å². The largest absolute Gasteiger partial charge is 0.467 e. The Morgan fingerprint density at radius 2 is 2.05 bits per heavy atom. The summed E-state index contributed by atoms with van der Waals surface area (Å²) >= 11 is 1.68. The highest BCUT2D eigenvalue weighted by molar-refractivity contribution is 7.09. The number of nitrogens with zero attached hydrogens (tertiary/aromatic N) is 1. The maximum Gasteiger partial charge on any atom is 0.125 e. The zero-order valence-electron chi connectivity index (χ0n) is 11.2. The summed E-state index contributed by atoms with van der Waals surface area (Å²) in [6.07, 6.45) is 1.71. The standard InChI is InChI=1S/C16H16N2OS/c1-12-15(20-11-18-12)10-17-16(14-8-5-9-19-14)13-6-3-2-4-7-13/h2-9,11,16-17H,10H2,1H3. The molecule has 0 saturated carbocycles. The van der Waals surface area contributed by atoms with Gasteiger partial charge in [-0.3, -0.25) is 5.32 Å². The number of aryl methyl sites for hydroxylation is 1. The summed E-state index contributed by atoms with van der Waals surface area (Å²) in [6, 6.07) is 14.3. The minimum Gasteiger partial charge on any atom is -0.467 e. The Kier molecular flexibility index (Phi) is 3.95. The molecule has 1 aromatic carbocycles. The van der Waals surface area contributed by atoms with Gasteiger partial charge in [0.25, 0.3) is 0 Å². The third kappa shape index (κ3) is 2.81. The lowest BCUT2D eigenvalue weighted by Gasteiger charge is -2.16. The molecule has 2 aromatic heterocycles. The normalized spacial score (nSPS) is 12.4. The van der Waals surface area contributed by atoms with Gasteiger partial charge < -0.3 is 4.42 Å². The van der Waals surface area contributed by atoms with E-state index >= 15 is 0 Å². The minimum absolute atomic E-state index is 0.0627. The summed E-state index contributed by atoms with van der Waals surface area (Å²) in [5.41, 5.74) is 4.18. The van der Waals surface area contributed by atoms with Crippen molar-refractivity contribution in [2.75, 3.05) is 0 Å². The van der Waals surface area contributed by atoms with E-state index in [2.05, 4.69) is 22.4 Å². The molecule has 0 aliphatic carbocycles. The SMILES string of the molecule is Cc1ncsc1CNC(c1ccccc1)c1ccco1. The Balaban J connectivity index is 1.82. The van der Waals surface area contributed by atoms with Crippen LogP contribution in [0, 0.1) is 6.92 Å². The van der Waals surface area contributed by atoms with Crippen LogP contribution >= 0.6 is 11.3 Å². The van der Waals surface area contributed by atoms with Crippen molar-refractivity contribution >= 4 is 11.3 Å². The molecule has 1 unspecified atom stereocenters. The lowest BCUT2D eigenvalue weighted by molar-refractivity contribution is 0.446. The van der Waals surface area contributed by atoms with E-state index in [4.69, 9.17) is 4.42 Å². The highest BCUT2D eigenvalue weighted by Crippen LogP contribution is 2.23. The van der Waals surface area contributed by atoms with Crippen LogP contribution in [0.25, 0.3) is 0 Å². The van der Waals surface area contributed by atoms with E-state index < -0.39 is 0 Å². The smallest absolute Gasteiger partial charge is 0.125 e. The molecule has 0 bridgehead atoms. The Bertz CT molecular complexity index is 646. The van der Waals surface area contributed by atoms with E-state index in [-0.39, 0.29) is 6.04 Å². The van der Waals surface area contributed by atoms with Crippen molar-refractivity contribution in [2.45, 2.75) is 19.5 Å². The van der Waals surface area contributed by atoms with Crippen molar-refractivity contribution in [3.8, 4) is 0 Å². The van der Waals surface area contributed by atoms with Crippen LogP contribution in [-0.4, -0.2) is 4.98 Å². The van der Waals surface area contributed by atoms with Crippen LogP contribution in [-0.2, 0) is 6.54 Å². The van der Waals surface area contributed by atoms with E-state index in [1.54, 1.807) is 17.6 Å². The fraction of sp³-hybridized carbons (Fsp3) is 0.188. The molecular weight excluding hydrogens is 268 g/mol. The molecule has 1 N–H and O–H groups in total. The molecule has 3 rings (SSSR count). The van der Waals surface area contributed by atoms with Crippen LogP contribution < -0.4 is 5.32 Å². The third-order valence-electron chi connectivity index (χ3n) is 3.27. The first-order valence-electron chi connectivity index (χ1n) is 6.55. The number of aromatic nitrogens is 1. The van der Waals surface area contributed by atoms with Crippen LogP contribution in [0.2, 0.25) is 0 Å². The van der Waals surface area contributed by atoms with E-state index in [1.807, 2.05) is 42.8 Å². The molecule has 102 valence electrons. The molecule has 20 heavy (non-hydrogen) atoms. The second-order valence-corrected chi connectivity index (χ2v) is 5.54. The minimum atomic E-state index is 0.0627. The quantitative estimate of drug-likeness (QED) is 0.771. The number of rotatable bonds is 5. The van der Waals surface area contributed by atoms with Gasteiger partial charge in [-0.05, 0) is 24.6 Å². The van der Waals surface area contributed by atoms with Gasteiger partial charge in [0.2, 0.25) is 0 Å². The Labute approximate surface area is 122 Å². The molecule has 0 fully saturated rings. The van der Waals surface area contributed by atoms with E-state index in [0.29, 0.717) is 0 Å². The van der Waals surface area contributed by atoms with E-state index in [0.717, 1.165) is 18.0 Å². The molecular formula is C16H16N2OS. The van der Waals surface area contributed by atoms with E-state index in [1.165, 1.54) is 10.4 Å². The molecule has 0 spiro atoms. The van der Waals surface area contributed by atoms with Crippen LogP contribution in [0.1, 0.15) is 27.9 Å². The Morgan fingerprint density at radius 1 is 1.20 bits per heavy atom.